The molecule has 1 fully saturated rings. The lowest BCUT2D eigenvalue weighted by atomic mass is 10.3. The number of anilines is 1. The fourth-order valence-electron chi connectivity index (χ4n) is 2.02. The molecule has 7 heteroatoms. The van der Waals surface area contributed by atoms with Crippen LogP contribution in [-0.2, 0) is 4.74 Å². The third kappa shape index (κ3) is 2.52. The molecule has 0 spiro atoms. The van der Waals surface area contributed by atoms with Crippen LogP contribution in [0.2, 0.25) is 0 Å². The Labute approximate surface area is 111 Å². The van der Waals surface area contributed by atoms with E-state index in [0.717, 1.165) is 10.2 Å². The van der Waals surface area contributed by atoms with Gasteiger partial charge in [-0.15, -0.1) is 0 Å². The highest BCUT2D eigenvalue weighted by Gasteiger charge is 2.43. The van der Waals surface area contributed by atoms with Gasteiger partial charge in [0.05, 0.1) is 23.4 Å². The molecular weight excluding hydrogens is 277 g/mol. The Morgan fingerprint density at radius 1 is 1.32 bits per heavy atom. The number of hydrogen-bond acceptors (Lipinski definition) is 4. The van der Waals surface area contributed by atoms with Crippen molar-refractivity contribution < 1.29 is 17.9 Å². The number of morpholine rings is 1. The van der Waals surface area contributed by atoms with Crippen LogP contribution in [0.4, 0.5) is 18.3 Å². The number of alkyl halides is 3. The van der Waals surface area contributed by atoms with Gasteiger partial charge in [-0.3, -0.25) is 0 Å². The summed E-state index contributed by atoms with van der Waals surface area (Å²) in [5.74, 6) is 0. The maximum Gasteiger partial charge on any atom is 0.416 e. The average molecular weight is 288 g/mol. The monoisotopic (exact) mass is 288 g/mol. The molecule has 0 N–H and O–H groups in total. The number of rotatable bonds is 1. The number of para-hydroxylation sites is 1. The van der Waals surface area contributed by atoms with Gasteiger partial charge in [-0.25, -0.2) is 4.98 Å². The predicted octanol–water partition coefficient (Wildman–Crippen LogP) is 3.06. The third-order valence-corrected chi connectivity index (χ3v) is 4.08. The van der Waals surface area contributed by atoms with E-state index in [1.54, 1.807) is 4.90 Å². The summed E-state index contributed by atoms with van der Waals surface area (Å²) in [6.45, 7) is 0.315. The Hall–Kier alpha value is -1.34. The molecule has 102 valence electrons. The molecule has 1 unspecified atom stereocenters. The van der Waals surface area contributed by atoms with Crippen molar-refractivity contribution in [2.45, 2.75) is 12.3 Å². The van der Waals surface area contributed by atoms with Gasteiger partial charge in [0.1, 0.15) is 0 Å². The highest BCUT2D eigenvalue weighted by Crippen LogP contribution is 2.32. The highest BCUT2D eigenvalue weighted by atomic mass is 32.1. The van der Waals surface area contributed by atoms with Crippen molar-refractivity contribution in [3.05, 3.63) is 24.3 Å². The second-order valence-electron chi connectivity index (χ2n) is 4.31. The van der Waals surface area contributed by atoms with Crippen LogP contribution in [0.15, 0.2) is 24.3 Å². The average Bonchev–Trinajstić information content (AvgIpc) is 2.81. The minimum Gasteiger partial charge on any atom is -0.365 e. The van der Waals surface area contributed by atoms with Gasteiger partial charge in [0.15, 0.2) is 11.2 Å². The van der Waals surface area contributed by atoms with Crippen molar-refractivity contribution in [3.63, 3.8) is 0 Å². The Morgan fingerprint density at radius 3 is 2.84 bits per heavy atom. The van der Waals surface area contributed by atoms with Crippen molar-refractivity contribution in [1.82, 2.24) is 4.98 Å². The molecule has 3 nitrogen and oxygen atoms in total. The van der Waals surface area contributed by atoms with Crippen LogP contribution in [0.3, 0.4) is 0 Å². The first-order chi connectivity index (χ1) is 9.04. The standard InChI is InChI=1S/C12H11F3N2OS/c13-12(14,15)10-7-17(5-6-18-10)11-16-8-3-1-2-4-9(8)19-11/h1-4,10H,5-7H2. The Bertz CT molecular complexity index is 551. The smallest absolute Gasteiger partial charge is 0.365 e. The minimum absolute atomic E-state index is 0.0695. The van der Waals surface area contributed by atoms with E-state index in [2.05, 4.69) is 4.98 Å². The van der Waals surface area contributed by atoms with Gasteiger partial charge in [-0.1, -0.05) is 23.5 Å². The maximum atomic E-state index is 12.7. The molecule has 0 aliphatic carbocycles. The molecule has 1 aliphatic heterocycles. The Kier molecular flexibility index (Phi) is 3.10. The first kappa shape index (κ1) is 12.7. The second kappa shape index (κ2) is 4.64. The van der Waals surface area contributed by atoms with Crippen molar-refractivity contribution >= 4 is 26.7 Å². The van der Waals surface area contributed by atoms with Crippen LogP contribution in [0.1, 0.15) is 0 Å². The molecule has 0 amide bonds. The molecular formula is C12H11F3N2OS. The van der Waals surface area contributed by atoms with E-state index in [9.17, 15) is 13.2 Å². The molecule has 1 aromatic heterocycles. The van der Waals surface area contributed by atoms with E-state index in [1.165, 1.54) is 11.3 Å². The second-order valence-corrected chi connectivity index (χ2v) is 5.32. The molecule has 1 aliphatic rings. The number of aromatic nitrogens is 1. The summed E-state index contributed by atoms with van der Waals surface area (Å²) in [6, 6.07) is 7.53. The van der Waals surface area contributed by atoms with E-state index >= 15 is 0 Å². The maximum absolute atomic E-state index is 12.7. The summed E-state index contributed by atoms with van der Waals surface area (Å²) in [4.78, 5) is 6.02. The van der Waals surface area contributed by atoms with Gasteiger partial charge in [0.2, 0.25) is 0 Å². The molecule has 0 radical (unpaired) electrons. The quantitative estimate of drug-likeness (QED) is 0.806. The van der Waals surface area contributed by atoms with Crippen molar-refractivity contribution in [2.75, 3.05) is 24.6 Å². The highest BCUT2D eigenvalue weighted by molar-refractivity contribution is 7.22. The van der Waals surface area contributed by atoms with Crippen molar-refractivity contribution in [2.24, 2.45) is 0 Å². The van der Waals surface area contributed by atoms with E-state index in [1.807, 2.05) is 24.3 Å². The summed E-state index contributed by atoms with van der Waals surface area (Å²) >= 11 is 1.41. The Balaban J connectivity index is 1.85. The van der Waals surface area contributed by atoms with Gasteiger partial charge >= 0.3 is 6.18 Å². The fourth-order valence-corrected chi connectivity index (χ4v) is 3.02. The fraction of sp³-hybridized carbons (Fsp3) is 0.417. The van der Waals surface area contributed by atoms with Crippen molar-refractivity contribution in [1.29, 1.82) is 0 Å². The number of benzene rings is 1. The molecule has 2 heterocycles. The zero-order valence-electron chi connectivity index (χ0n) is 9.85. The molecule has 3 rings (SSSR count). The van der Waals surface area contributed by atoms with Crippen molar-refractivity contribution in [3.8, 4) is 0 Å². The van der Waals surface area contributed by atoms with Crippen LogP contribution in [0.5, 0.6) is 0 Å². The normalized spacial score (nSPS) is 21.0. The van der Waals surface area contributed by atoms with Gasteiger partial charge in [0.25, 0.3) is 0 Å². The summed E-state index contributed by atoms with van der Waals surface area (Å²) < 4.78 is 43.8. The van der Waals surface area contributed by atoms with Crippen LogP contribution in [0.25, 0.3) is 10.2 Å². The summed E-state index contributed by atoms with van der Waals surface area (Å²) in [5.41, 5.74) is 0.817. The molecule has 19 heavy (non-hydrogen) atoms. The molecule has 0 saturated carbocycles. The molecule has 1 aromatic carbocycles. The van der Waals surface area contributed by atoms with E-state index in [0.29, 0.717) is 11.7 Å². The largest absolute Gasteiger partial charge is 0.416 e. The Morgan fingerprint density at radius 2 is 2.11 bits per heavy atom. The first-order valence-corrected chi connectivity index (χ1v) is 6.64. The van der Waals surface area contributed by atoms with Crippen LogP contribution in [-0.4, -0.2) is 37.0 Å². The van der Waals surface area contributed by atoms with E-state index in [-0.39, 0.29) is 13.2 Å². The minimum atomic E-state index is -4.32. The number of hydrogen-bond donors (Lipinski definition) is 0. The third-order valence-electron chi connectivity index (χ3n) is 2.98. The van der Waals surface area contributed by atoms with E-state index in [4.69, 9.17) is 4.74 Å². The number of nitrogens with zero attached hydrogens (tertiary/aromatic N) is 2. The van der Waals surface area contributed by atoms with Crippen LogP contribution >= 0.6 is 11.3 Å². The molecule has 1 saturated heterocycles. The number of thiazole rings is 1. The summed E-state index contributed by atoms with van der Waals surface area (Å²) in [5, 5.41) is 0.624. The first-order valence-electron chi connectivity index (χ1n) is 5.83. The van der Waals surface area contributed by atoms with Crippen LogP contribution in [0, 0.1) is 0 Å². The zero-order chi connectivity index (χ0) is 13.5. The van der Waals surface area contributed by atoms with Gasteiger partial charge in [0, 0.05) is 6.54 Å². The summed E-state index contributed by atoms with van der Waals surface area (Å²) in [6.07, 6.45) is -6.05. The van der Waals surface area contributed by atoms with E-state index < -0.39 is 12.3 Å². The van der Waals surface area contributed by atoms with Crippen LogP contribution < -0.4 is 4.90 Å². The lowest BCUT2D eigenvalue weighted by Crippen LogP contribution is -2.49. The van der Waals surface area contributed by atoms with Gasteiger partial charge in [-0.05, 0) is 12.1 Å². The summed E-state index contributed by atoms with van der Waals surface area (Å²) in [7, 11) is 0. The molecule has 0 bridgehead atoms. The topological polar surface area (TPSA) is 25.4 Å². The number of halogens is 3. The molecule has 2 aromatic rings. The van der Waals surface area contributed by atoms with Gasteiger partial charge in [-0.2, -0.15) is 13.2 Å². The SMILES string of the molecule is FC(F)(F)C1CN(c2nc3ccccc3s2)CCO1. The predicted molar refractivity (Wildman–Crippen MR) is 67.6 cm³/mol. The zero-order valence-corrected chi connectivity index (χ0v) is 10.7. The van der Waals surface area contributed by atoms with Gasteiger partial charge < -0.3 is 9.64 Å². The lowest BCUT2D eigenvalue weighted by molar-refractivity contribution is -0.221. The lowest BCUT2D eigenvalue weighted by Gasteiger charge is -2.33. The number of fused-ring (bicyclic) bond motifs is 1. The molecule has 1 atom stereocenters. The number of ether oxygens (including phenoxy) is 1.